The number of esters is 1. The summed E-state index contributed by atoms with van der Waals surface area (Å²) in [6, 6.07) is -1.09. The van der Waals surface area contributed by atoms with Crippen LogP contribution < -0.4 is 86.3 Å². The normalized spacial score (nSPS) is 16.5. The van der Waals surface area contributed by atoms with Crippen LogP contribution in [0.4, 0.5) is 0 Å². The maximum absolute atomic E-state index is 15.2. The van der Waals surface area contributed by atoms with Crippen LogP contribution >= 0.6 is 15.9 Å². The standard InChI is InChI=1S/C79H113BrN20O23S/c1-40(2)61(95-72(114)57-23-17-31-100(57)76(118)54(93-65(107)41(3)88-39-101)33-45-24-26-47(80)27-25-45)73(115)98-64(79(6,7)8)75(117)92-52(34-46-36-86-49-21-15-14-20-48(46)49)68(110)89-50(22-16-30-85-78(83)84)67(109)94-55(38-124(120,121)122)70(112)97-63(43(5)103)77(119)99(9)56(28-29-58(81)104)71(113)90-51(32-44-18-12-11-13-19-44)69(111)96-62(42(4)102)74(116)91-53(35-59(82)105)66(108)87-37-60(106)123-10/h11-15,18-21,24-27,36,39-43,50-57,61-64,86,102-103H,16-17,22-23,28-35,37-38H2,1-10H3,(H2,81,104)(H2,82,105)(H,87,108)(H,88,101)(H,89,110)(H,90,113)(H,91,116)(H,92,117)(H,93,107)(H,94,109)(H,95,114)(H,96,111)(H,97,112)(H,98,115)(H4,83,84,85)(H,120,121,122)/t41-,42-,43-,50+,51-,52-,53+,54+,55-,56+,57+,61-,62+,63+,64-/m1/s1/i10D3. The van der Waals surface area contributed by atoms with Gasteiger partial charge in [-0.15, -0.1) is 0 Å². The van der Waals surface area contributed by atoms with Gasteiger partial charge in [0.05, 0.1) is 29.8 Å². The van der Waals surface area contributed by atoms with Gasteiger partial charge in [0, 0.05) is 67.4 Å². The number of methoxy groups -OCH3 is 1. The number of nitrogens with zero attached hydrogens (tertiary/aromatic N) is 2. The molecule has 2 heterocycles. The summed E-state index contributed by atoms with van der Waals surface area (Å²) in [5.74, 6) is -21.3. The zero-order valence-corrected chi connectivity index (χ0v) is 72.1. The molecule has 0 saturated carbocycles. The van der Waals surface area contributed by atoms with Crippen LogP contribution in [0.1, 0.15) is 121 Å². The van der Waals surface area contributed by atoms with Crippen molar-refractivity contribution in [2.45, 2.75) is 210 Å². The maximum atomic E-state index is 15.2. The summed E-state index contributed by atoms with van der Waals surface area (Å²) in [4.78, 5) is 241. The number of rotatable bonds is 48. The van der Waals surface area contributed by atoms with Crippen LogP contribution in [-0.4, -0.2) is 275 Å². The minimum absolute atomic E-state index is 0.0158. The van der Waals surface area contributed by atoms with Gasteiger partial charge in [-0.25, -0.2) is 0 Å². The number of benzene rings is 3. The lowest BCUT2D eigenvalue weighted by molar-refractivity contribution is -0.145. The number of guanidine groups is 1. The van der Waals surface area contributed by atoms with Crippen molar-refractivity contribution < 1.29 is 114 Å². The second-order valence-corrected chi connectivity index (χ2v) is 33.6. The summed E-state index contributed by atoms with van der Waals surface area (Å²) in [6.45, 7) is 10.1. The number of fused-ring (bicyclic) bond motifs is 1. The number of carbonyl (C=O) groups excluding carboxylic acids is 17. The Labute approximate surface area is 727 Å². The Morgan fingerprint density at radius 3 is 1.78 bits per heavy atom. The molecular formula is C79H113BrN20O23S. The molecule has 124 heavy (non-hydrogen) atoms. The zero-order valence-electron chi connectivity index (χ0n) is 72.7. The summed E-state index contributed by atoms with van der Waals surface area (Å²) >= 11 is 3.38. The largest absolute Gasteiger partial charge is 0.468 e. The zero-order chi connectivity index (χ0) is 95.3. The summed E-state index contributed by atoms with van der Waals surface area (Å²) in [5, 5.41) is 61.7. The lowest BCUT2D eigenvalue weighted by atomic mass is 9.85. The van der Waals surface area contributed by atoms with Crippen molar-refractivity contribution in [3.05, 3.63) is 106 Å². The van der Waals surface area contributed by atoms with Gasteiger partial charge in [-0.2, -0.15) is 8.42 Å². The molecule has 16 amide bonds. The molecule has 1 aliphatic rings. The van der Waals surface area contributed by atoms with E-state index in [0.29, 0.717) is 45.3 Å². The maximum Gasteiger partial charge on any atom is 0.325 e. The second-order valence-electron chi connectivity index (χ2n) is 31.2. The Balaban J connectivity index is 1.45. The van der Waals surface area contributed by atoms with Gasteiger partial charge >= 0.3 is 5.97 Å². The number of para-hydroxylation sites is 1. The molecule has 0 bridgehead atoms. The molecule has 1 fully saturated rings. The molecule has 0 aliphatic carbocycles. The van der Waals surface area contributed by atoms with E-state index in [9.17, 15) is 95.1 Å². The Morgan fingerprint density at radius 2 is 1.19 bits per heavy atom. The molecule has 1 aromatic heterocycles. The van der Waals surface area contributed by atoms with E-state index in [2.05, 4.69) is 89.5 Å². The molecular weight excluding hydrogens is 1710 g/mol. The summed E-state index contributed by atoms with van der Waals surface area (Å²) in [7, 11) is -7.68. The van der Waals surface area contributed by atoms with E-state index in [1.54, 1.807) is 89.2 Å². The van der Waals surface area contributed by atoms with Crippen molar-refractivity contribution in [2.75, 3.05) is 39.5 Å². The number of carbonyl (C=O) groups is 17. The van der Waals surface area contributed by atoms with Crippen molar-refractivity contribution in [2.24, 2.45) is 28.5 Å². The Morgan fingerprint density at radius 1 is 0.637 bits per heavy atom. The number of ether oxygens (including phenoxy) is 1. The van der Waals surface area contributed by atoms with Crippen molar-refractivity contribution in [1.29, 1.82) is 5.41 Å². The molecule has 5 rings (SSSR count). The highest BCUT2D eigenvalue weighted by Crippen LogP contribution is 2.26. The molecule has 0 spiro atoms. The number of aliphatic hydroxyl groups excluding tert-OH is 2. The summed E-state index contributed by atoms with van der Waals surface area (Å²) < 4.78 is 62.4. The average molecular weight is 1830 g/mol. The van der Waals surface area contributed by atoms with Gasteiger partial charge < -0.3 is 116 Å². The quantitative estimate of drug-likeness (QED) is 0.00491. The van der Waals surface area contributed by atoms with Gasteiger partial charge in [0.25, 0.3) is 10.1 Å². The first-order valence-electron chi connectivity index (χ1n) is 40.9. The number of aliphatic hydroxyl groups is 2. The van der Waals surface area contributed by atoms with Crippen LogP contribution in [-0.2, 0) is 116 Å². The first-order chi connectivity index (χ1) is 59.3. The van der Waals surface area contributed by atoms with E-state index < -0.39 is 264 Å². The molecule has 15 atom stereocenters. The van der Waals surface area contributed by atoms with Crippen molar-refractivity contribution in [1.82, 2.24) is 83.9 Å². The third-order valence-electron chi connectivity index (χ3n) is 19.9. The van der Waals surface area contributed by atoms with Gasteiger partial charge in [0.15, 0.2) is 5.96 Å². The molecule has 0 radical (unpaired) electrons. The molecule has 4 aromatic rings. The number of aromatic nitrogens is 1. The lowest BCUT2D eigenvalue weighted by Crippen LogP contribution is -2.64. The van der Waals surface area contributed by atoms with Gasteiger partial charge in [0.2, 0.25) is 95.0 Å². The third kappa shape index (κ3) is 32.2. The van der Waals surface area contributed by atoms with Crippen LogP contribution in [0.3, 0.4) is 0 Å². The monoisotopic (exact) mass is 1820 g/mol. The molecule has 45 heteroatoms. The SMILES string of the molecule is [2H]C([2H])([2H])OC(=O)CNC(=O)[C@H](CC(N)=O)NC(=O)[C@@H](NC(=O)[C@@H](Cc1ccccc1)NC(=O)[C@H](CCC(N)=O)N(C)C(=O)[C@@H](NC(=O)[C@@H](CS(=O)(=O)O)NC(=O)[C@H](CCCNC(=N)N)NC(=O)[C@@H](Cc1c[nH]c2ccccc12)NC(=O)[C@@H](NC(=O)[C@H](NC(=O)[C@@H]1CCCN1C(=O)[C@H](Cc1ccc(Br)cc1)NC(=O)[C@@H](C)NC=O)C(C)C)C(C)(C)C)[C@@H](C)O)[C@@H](C)O. The molecule has 1 saturated heterocycles. The number of H-pyrrole nitrogens is 1. The van der Waals surface area contributed by atoms with E-state index in [4.69, 9.17) is 26.7 Å². The van der Waals surface area contributed by atoms with Crippen molar-refractivity contribution >= 4 is 144 Å². The number of nitrogens with two attached hydrogens (primary N) is 3. The Kier molecular flexibility index (Phi) is 37.6. The molecule has 1 aliphatic heterocycles. The van der Waals surface area contributed by atoms with Gasteiger partial charge in [-0.1, -0.05) is 111 Å². The fourth-order valence-electron chi connectivity index (χ4n) is 13.2. The Bertz CT molecular complexity index is 4730. The third-order valence-corrected chi connectivity index (χ3v) is 21.2. The number of aromatic amines is 1. The first-order valence-corrected chi connectivity index (χ1v) is 41.8. The molecule has 680 valence electrons. The fraction of sp³-hybridized carbons (Fsp3) is 0.519. The van der Waals surface area contributed by atoms with Crippen LogP contribution in [0.15, 0.2) is 89.5 Å². The fourth-order valence-corrected chi connectivity index (χ4v) is 14.1. The number of amides is 16. The minimum Gasteiger partial charge on any atom is -0.468 e. The highest BCUT2D eigenvalue weighted by molar-refractivity contribution is 9.10. The number of nitrogens with one attached hydrogen (secondary N) is 15. The van der Waals surface area contributed by atoms with Crippen LogP contribution in [0.5, 0.6) is 0 Å². The number of hydrogen-bond donors (Lipinski definition) is 21. The highest BCUT2D eigenvalue weighted by atomic mass is 79.9. The topological polar surface area (TPSA) is 675 Å². The van der Waals surface area contributed by atoms with E-state index in [-0.39, 0.29) is 38.8 Å². The van der Waals surface area contributed by atoms with Gasteiger partial charge in [0.1, 0.15) is 90.8 Å². The number of primary amides is 2. The molecule has 0 unspecified atom stereocenters. The molecule has 24 N–H and O–H groups in total. The number of likely N-dealkylation sites (N-methyl/N-ethyl adjacent to an activating group) is 1. The van der Waals surface area contributed by atoms with Crippen LogP contribution in [0.2, 0.25) is 0 Å². The number of halogens is 1. The van der Waals surface area contributed by atoms with Crippen LogP contribution in [0.25, 0.3) is 10.9 Å². The first kappa shape index (κ1) is 97.2. The molecule has 43 nitrogen and oxygen atoms in total. The summed E-state index contributed by atoms with van der Waals surface area (Å²) in [6.07, 6.45) is -5.33. The predicted molar refractivity (Wildman–Crippen MR) is 450 cm³/mol. The number of likely N-dealkylation sites (tertiary alicyclic amines) is 1. The van der Waals surface area contributed by atoms with Crippen molar-refractivity contribution in [3.63, 3.8) is 0 Å². The number of hydrogen-bond acceptors (Lipinski definition) is 23. The van der Waals surface area contributed by atoms with E-state index in [1.165, 1.54) is 42.3 Å². The van der Waals surface area contributed by atoms with Gasteiger partial charge in [-0.05, 0) is 99.1 Å². The van der Waals surface area contributed by atoms with Crippen LogP contribution in [0, 0.1) is 16.7 Å². The van der Waals surface area contributed by atoms with E-state index >= 15 is 9.59 Å². The second kappa shape index (κ2) is 48.0. The van der Waals surface area contributed by atoms with E-state index in [1.807, 2.05) is 5.32 Å². The highest BCUT2D eigenvalue weighted by Gasteiger charge is 2.45. The minimum atomic E-state index is -5.39. The smallest absolute Gasteiger partial charge is 0.325 e. The van der Waals surface area contributed by atoms with Gasteiger partial charge in [-0.3, -0.25) is 91.5 Å². The lowest BCUT2D eigenvalue weighted by Gasteiger charge is -2.34. The Hall–Kier alpha value is -12.2. The van der Waals surface area contributed by atoms with E-state index in [0.717, 1.165) is 25.4 Å². The average Bonchev–Trinajstić information content (AvgIpc) is 1.71. The van der Waals surface area contributed by atoms with Crippen molar-refractivity contribution in [3.8, 4) is 0 Å². The summed E-state index contributed by atoms with van der Waals surface area (Å²) in [5.41, 5.74) is 17.1. The molecule has 3 aromatic carbocycles. The predicted octanol–water partition coefficient (Wildman–Crippen LogP) is -5.20.